The maximum Gasteiger partial charge on any atom is 0.190 e. The minimum absolute atomic E-state index is 0.254. The molecule has 3 aromatic rings. The van der Waals surface area contributed by atoms with Crippen molar-refractivity contribution in [2.75, 3.05) is 0 Å². The molecule has 102 valence electrons. The summed E-state index contributed by atoms with van der Waals surface area (Å²) in [5, 5.41) is 20.3. The smallest absolute Gasteiger partial charge is 0.190 e. The Bertz CT molecular complexity index is 849. The molecule has 2 aromatic carbocycles. The van der Waals surface area contributed by atoms with E-state index in [4.69, 9.17) is 28.5 Å². The van der Waals surface area contributed by atoms with Crippen molar-refractivity contribution in [3.8, 4) is 28.5 Å². The molecule has 0 bridgehead atoms. The molecular weight excluding hydrogens is 307 g/mol. The lowest BCUT2D eigenvalue weighted by Gasteiger charge is -2.07. The summed E-state index contributed by atoms with van der Waals surface area (Å²) in [4.78, 5) is 0. The number of aromatic amines is 1. The molecule has 6 heteroatoms. The Kier molecular flexibility index (Phi) is 3.61. The van der Waals surface area contributed by atoms with Gasteiger partial charge in [0.2, 0.25) is 0 Å². The van der Waals surface area contributed by atoms with Crippen LogP contribution in [0.5, 0.6) is 0 Å². The van der Waals surface area contributed by atoms with Gasteiger partial charge in [-0.15, -0.1) is 5.10 Å². The lowest BCUT2D eigenvalue weighted by Crippen LogP contribution is -1.85. The predicted molar refractivity (Wildman–Crippen MR) is 82.0 cm³/mol. The van der Waals surface area contributed by atoms with Crippen molar-refractivity contribution in [2.24, 2.45) is 0 Å². The second kappa shape index (κ2) is 5.57. The number of benzene rings is 2. The number of halogens is 2. The van der Waals surface area contributed by atoms with E-state index in [1.807, 2.05) is 42.5 Å². The summed E-state index contributed by atoms with van der Waals surface area (Å²) >= 11 is 12.3. The zero-order chi connectivity index (χ0) is 14.8. The van der Waals surface area contributed by atoms with Crippen molar-refractivity contribution in [1.29, 1.82) is 5.26 Å². The number of nitriles is 1. The molecule has 21 heavy (non-hydrogen) atoms. The molecule has 0 atom stereocenters. The van der Waals surface area contributed by atoms with Gasteiger partial charge in [-0.3, -0.25) is 0 Å². The second-order valence-corrected chi connectivity index (χ2v) is 5.10. The van der Waals surface area contributed by atoms with Crippen LogP contribution in [0.2, 0.25) is 10.0 Å². The van der Waals surface area contributed by atoms with Gasteiger partial charge in [0, 0.05) is 11.1 Å². The topological polar surface area (TPSA) is 65.4 Å². The number of nitrogens with one attached hydrogen (secondary N) is 1. The first-order valence-electron chi connectivity index (χ1n) is 6.06. The Labute approximate surface area is 130 Å². The SMILES string of the molecule is N#Cc1n[nH]nc1-c1cccc(-c2cccc(Cl)c2Cl)c1. The Hall–Kier alpha value is -2.35. The van der Waals surface area contributed by atoms with Gasteiger partial charge in [0.1, 0.15) is 11.8 Å². The summed E-state index contributed by atoms with van der Waals surface area (Å²) < 4.78 is 0. The van der Waals surface area contributed by atoms with Crippen molar-refractivity contribution >= 4 is 23.2 Å². The first-order chi connectivity index (χ1) is 10.2. The van der Waals surface area contributed by atoms with Crippen LogP contribution in [0.25, 0.3) is 22.4 Å². The molecule has 4 nitrogen and oxygen atoms in total. The van der Waals surface area contributed by atoms with E-state index in [2.05, 4.69) is 15.4 Å². The lowest BCUT2D eigenvalue weighted by atomic mass is 10.0. The molecule has 0 aliphatic carbocycles. The Morgan fingerprint density at radius 3 is 2.57 bits per heavy atom. The second-order valence-electron chi connectivity index (χ2n) is 4.31. The summed E-state index contributed by atoms with van der Waals surface area (Å²) in [5.41, 5.74) is 3.27. The third-order valence-electron chi connectivity index (χ3n) is 3.05. The summed E-state index contributed by atoms with van der Waals surface area (Å²) in [7, 11) is 0. The van der Waals surface area contributed by atoms with Crippen LogP contribution in [0.4, 0.5) is 0 Å². The van der Waals surface area contributed by atoms with Crippen LogP contribution in [0.15, 0.2) is 42.5 Å². The van der Waals surface area contributed by atoms with Crippen molar-refractivity contribution in [3.63, 3.8) is 0 Å². The number of nitrogens with zero attached hydrogens (tertiary/aromatic N) is 3. The average molecular weight is 315 g/mol. The van der Waals surface area contributed by atoms with Crippen LogP contribution in [0.3, 0.4) is 0 Å². The van der Waals surface area contributed by atoms with Gasteiger partial charge >= 0.3 is 0 Å². The Morgan fingerprint density at radius 2 is 1.76 bits per heavy atom. The van der Waals surface area contributed by atoms with Crippen LogP contribution in [-0.4, -0.2) is 15.4 Å². The lowest BCUT2D eigenvalue weighted by molar-refractivity contribution is 0.937. The fourth-order valence-corrected chi connectivity index (χ4v) is 2.48. The van der Waals surface area contributed by atoms with E-state index in [0.717, 1.165) is 16.7 Å². The summed E-state index contributed by atoms with van der Waals surface area (Å²) in [6, 6.07) is 15.0. The van der Waals surface area contributed by atoms with Gasteiger partial charge in [-0.25, -0.2) is 0 Å². The molecule has 0 spiro atoms. The number of aromatic nitrogens is 3. The number of rotatable bonds is 2. The standard InChI is InChI=1S/C15H8Cl2N4/c16-12-6-2-5-11(14(12)17)9-3-1-4-10(7-9)15-13(8-18)19-21-20-15/h1-7H,(H,19,20,21). The predicted octanol–water partition coefficient (Wildman–Crippen LogP) is 4.32. The summed E-state index contributed by atoms with van der Waals surface area (Å²) in [6.07, 6.45) is 0. The molecule has 0 amide bonds. The van der Waals surface area contributed by atoms with Gasteiger partial charge in [-0.2, -0.15) is 15.6 Å². The first kappa shape index (κ1) is 13.6. The monoisotopic (exact) mass is 314 g/mol. The molecule has 0 unspecified atom stereocenters. The third-order valence-corrected chi connectivity index (χ3v) is 3.87. The van der Waals surface area contributed by atoms with Crippen LogP contribution >= 0.6 is 23.2 Å². The number of hydrogen-bond donors (Lipinski definition) is 1. The highest BCUT2D eigenvalue weighted by atomic mass is 35.5. The van der Waals surface area contributed by atoms with Crippen LogP contribution in [-0.2, 0) is 0 Å². The van der Waals surface area contributed by atoms with E-state index < -0.39 is 0 Å². The molecule has 0 aliphatic heterocycles. The van der Waals surface area contributed by atoms with E-state index >= 15 is 0 Å². The van der Waals surface area contributed by atoms with E-state index in [1.165, 1.54) is 0 Å². The zero-order valence-corrected chi connectivity index (χ0v) is 12.2. The van der Waals surface area contributed by atoms with Crippen molar-refractivity contribution in [3.05, 3.63) is 58.2 Å². The van der Waals surface area contributed by atoms with Gasteiger partial charge in [0.15, 0.2) is 5.69 Å². The highest BCUT2D eigenvalue weighted by Crippen LogP contribution is 2.35. The van der Waals surface area contributed by atoms with E-state index in [9.17, 15) is 0 Å². The van der Waals surface area contributed by atoms with Crippen molar-refractivity contribution in [1.82, 2.24) is 15.4 Å². The molecule has 0 radical (unpaired) electrons. The minimum Gasteiger partial charge on any atom is -0.196 e. The molecule has 1 aromatic heterocycles. The molecule has 0 aliphatic rings. The van der Waals surface area contributed by atoms with Crippen LogP contribution in [0.1, 0.15) is 5.69 Å². The molecule has 1 heterocycles. The normalized spacial score (nSPS) is 10.3. The van der Waals surface area contributed by atoms with Gasteiger partial charge < -0.3 is 0 Å². The molecule has 0 saturated carbocycles. The number of hydrogen-bond acceptors (Lipinski definition) is 3. The molecule has 0 fully saturated rings. The van der Waals surface area contributed by atoms with Crippen molar-refractivity contribution in [2.45, 2.75) is 0 Å². The van der Waals surface area contributed by atoms with E-state index in [0.29, 0.717) is 15.7 Å². The van der Waals surface area contributed by atoms with E-state index in [-0.39, 0.29) is 5.69 Å². The van der Waals surface area contributed by atoms with Gasteiger partial charge in [0.05, 0.1) is 10.0 Å². The maximum absolute atomic E-state index is 9.02. The largest absolute Gasteiger partial charge is 0.196 e. The fourth-order valence-electron chi connectivity index (χ4n) is 2.07. The molecular formula is C15H8Cl2N4. The zero-order valence-electron chi connectivity index (χ0n) is 10.6. The minimum atomic E-state index is 0.254. The highest BCUT2D eigenvalue weighted by Gasteiger charge is 2.12. The fraction of sp³-hybridized carbons (Fsp3) is 0. The average Bonchev–Trinajstić information content (AvgIpc) is 2.99. The molecule has 3 rings (SSSR count). The third kappa shape index (κ3) is 2.49. The maximum atomic E-state index is 9.02. The van der Waals surface area contributed by atoms with Gasteiger partial charge in [-0.05, 0) is 17.7 Å². The summed E-state index contributed by atoms with van der Waals surface area (Å²) in [5.74, 6) is 0. The van der Waals surface area contributed by atoms with Crippen molar-refractivity contribution < 1.29 is 0 Å². The summed E-state index contributed by atoms with van der Waals surface area (Å²) in [6.45, 7) is 0. The molecule has 1 N–H and O–H groups in total. The van der Waals surface area contributed by atoms with Crippen LogP contribution in [0, 0.1) is 11.3 Å². The highest BCUT2D eigenvalue weighted by molar-refractivity contribution is 6.43. The molecule has 0 saturated heterocycles. The first-order valence-corrected chi connectivity index (χ1v) is 6.82. The Morgan fingerprint density at radius 1 is 1.00 bits per heavy atom. The van der Waals surface area contributed by atoms with E-state index in [1.54, 1.807) is 6.07 Å². The quantitative estimate of drug-likeness (QED) is 0.766. The Balaban J connectivity index is 2.13. The van der Waals surface area contributed by atoms with Crippen LogP contribution < -0.4 is 0 Å². The van der Waals surface area contributed by atoms with Gasteiger partial charge in [0.25, 0.3) is 0 Å². The number of H-pyrrole nitrogens is 1. The van der Waals surface area contributed by atoms with Gasteiger partial charge in [-0.1, -0.05) is 53.5 Å².